The van der Waals surface area contributed by atoms with Crippen LogP contribution in [0.5, 0.6) is 5.75 Å². The molecule has 106 valence electrons. The molecule has 0 fully saturated rings. The van der Waals surface area contributed by atoms with Crippen LogP contribution >= 0.6 is 0 Å². The number of aromatic carboxylic acids is 1. The van der Waals surface area contributed by atoms with Crippen molar-refractivity contribution in [2.45, 2.75) is 0 Å². The number of carbonyl (C=O) groups is 2. The molecule has 2 rings (SSSR count). The normalized spacial score (nSPS) is 9.90. The van der Waals surface area contributed by atoms with Crippen molar-refractivity contribution in [1.82, 2.24) is 0 Å². The van der Waals surface area contributed by atoms with E-state index in [2.05, 4.69) is 0 Å². The SMILES string of the molecule is N=C(N)c1ccc(OC(=O)c2ccccc2)c(C(=O)O)c1. The molecule has 0 heterocycles. The van der Waals surface area contributed by atoms with Gasteiger partial charge in [-0.15, -0.1) is 0 Å². The van der Waals surface area contributed by atoms with Crippen molar-refractivity contribution in [3.05, 3.63) is 65.2 Å². The maximum absolute atomic E-state index is 11.9. The summed E-state index contributed by atoms with van der Waals surface area (Å²) in [6.45, 7) is 0. The first kappa shape index (κ1) is 14.3. The summed E-state index contributed by atoms with van der Waals surface area (Å²) in [5.41, 5.74) is 5.63. The molecule has 0 aliphatic rings. The molecule has 2 aromatic rings. The summed E-state index contributed by atoms with van der Waals surface area (Å²) >= 11 is 0. The number of carbonyl (C=O) groups excluding carboxylic acids is 1. The number of benzene rings is 2. The highest BCUT2D eigenvalue weighted by Crippen LogP contribution is 2.21. The molecular weight excluding hydrogens is 272 g/mol. The van der Waals surface area contributed by atoms with Crippen LogP contribution < -0.4 is 10.5 Å². The molecule has 6 heteroatoms. The minimum Gasteiger partial charge on any atom is -0.478 e. The van der Waals surface area contributed by atoms with Gasteiger partial charge in [-0.05, 0) is 30.3 Å². The van der Waals surface area contributed by atoms with E-state index in [1.165, 1.54) is 18.2 Å². The van der Waals surface area contributed by atoms with Gasteiger partial charge in [0.25, 0.3) is 0 Å². The molecule has 21 heavy (non-hydrogen) atoms. The van der Waals surface area contributed by atoms with E-state index in [1.54, 1.807) is 30.3 Å². The Hall–Kier alpha value is -3.15. The van der Waals surface area contributed by atoms with Crippen molar-refractivity contribution in [2.75, 3.05) is 0 Å². The minimum atomic E-state index is -1.27. The zero-order valence-electron chi connectivity index (χ0n) is 10.9. The lowest BCUT2D eigenvalue weighted by atomic mass is 10.1. The lowest BCUT2D eigenvalue weighted by Gasteiger charge is -2.09. The number of rotatable bonds is 4. The number of nitrogens with one attached hydrogen (secondary N) is 1. The van der Waals surface area contributed by atoms with Gasteiger partial charge >= 0.3 is 11.9 Å². The summed E-state index contributed by atoms with van der Waals surface area (Å²) in [5.74, 6) is -2.29. The molecule has 4 N–H and O–H groups in total. The number of esters is 1. The second kappa shape index (κ2) is 5.87. The van der Waals surface area contributed by atoms with E-state index in [4.69, 9.17) is 21.0 Å². The second-order valence-corrected chi connectivity index (χ2v) is 4.19. The Bertz CT molecular complexity index is 711. The number of ether oxygens (including phenoxy) is 1. The fourth-order valence-electron chi connectivity index (χ4n) is 1.69. The average molecular weight is 284 g/mol. The highest BCUT2D eigenvalue weighted by molar-refractivity contribution is 6.00. The highest BCUT2D eigenvalue weighted by atomic mass is 16.5. The third-order valence-electron chi connectivity index (χ3n) is 2.73. The molecule has 0 aliphatic heterocycles. The lowest BCUT2D eigenvalue weighted by Crippen LogP contribution is -2.15. The second-order valence-electron chi connectivity index (χ2n) is 4.19. The maximum Gasteiger partial charge on any atom is 0.343 e. The maximum atomic E-state index is 11.9. The van der Waals surface area contributed by atoms with Crippen molar-refractivity contribution < 1.29 is 19.4 Å². The molecule has 0 radical (unpaired) electrons. The monoisotopic (exact) mass is 284 g/mol. The first-order valence-electron chi connectivity index (χ1n) is 5.98. The van der Waals surface area contributed by atoms with Gasteiger partial charge in [0.15, 0.2) is 0 Å². The number of carboxylic acids is 1. The number of hydrogen-bond acceptors (Lipinski definition) is 4. The number of hydrogen-bond donors (Lipinski definition) is 3. The summed E-state index contributed by atoms with van der Waals surface area (Å²) in [5, 5.41) is 16.4. The summed E-state index contributed by atoms with van der Waals surface area (Å²) in [4.78, 5) is 23.1. The van der Waals surface area contributed by atoms with Crippen LogP contribution in [-0.2, 0) is 0 Å². The molecule has 0 saturated carbocycles. The number of carboxylic acid groups (broad SMARTS) is 1. The van der Waals surface area contributed by atoms with Crippen LogP contribution in [0.25, 0.3) is 0 Å². The fourth-order valence-corrected chi connectivity index (χ4v) is 1.69. The van der Waals surface area contributed by atoms with Gasteiger partial charge in [-0.3, -0.25) is 5.41 Å². The van der Waals surface area contributed by atoms with Gasteiger partial charge in [-0.1, -0.05) is 18.2 Å². The average Bonchev–Trinajstić information content (AvgIpc) is 2.48. The van der Waals surface area contributed by atoms with Crippen molar-refractivity contribution in [3.8, 4) is 5.75 Å². The Labute approximate surface area is 120 Å². The smallest absolute Gasteiger partial charge is 0.343 e. The van der Waals surface area contributed by atoms with E-state index in [9.17, 15) is 9.59 Å². The van der Waals surface area contributed by atoms with E-state index in [-0.39, 0.29) is 22.7 Å². The van der Waals surface area contributed by atoms with Crippen molar-refractivity contribution in [2.24, 2.45) is 5.73 Å². The van der Waals surface area contributed by atoms with E-state index < -0.39 is 11.9 Å². The first-order valence-corrected chi connectivity index (χ1v) is 5.98. The largest absolute Gasteiger partial charge is 0.478 e. The quantitative estimate of drug-likeness (QED) is 0.343. The van der Waals surface area contributed by atoms with Crippen molar-refractivity contribution >= 4 is 17.8 Å². The predicted molar refractivity (Wildman–Crippen MR) is 75.8 cm³/mol. The van der Waals surface area contributed by atoms with Gasteiger partial charge in [0, 0.05) is 5.56 Å². The zero-order chi connectivity index (χ0) is 15.4. The lowest BCUT2D eigenvalue weighted by molar-refractivity contribution is 0.0681. The molecule has 6 nitrogen and oxygen atoms in total. The van der Waals surface area contributed by atoms with Crippen LogP contribution in [0.2, 0.25) is 0 Å². The Morgan fingerprint density at radius 2 is 1.71 bits per heavy atom. The van der Waals surface area contributed by atoms with Gasteiger partial charge < -0.3 is 15.6 Å². The van der Waals surface area contributed by atoms with E-state index >= 15 is 0 Å². The molecule has 0 unspecified atom stereocenters. The number of nitrogen functional groups attached to an aromatic ring is 1. The fraction of sp³-hybridized carbons (Fsp3) is 0. The zero-order valence-corrected chi connectivity index (χ0v) is 10.9. The molecule has 0 atom stereocenters. The van der Waals surface area contributed by atoms with Gasteiger partial charge in [-0.2, -0.15) is 0 Å². The molecule has 0 saturated heterocycles. The Morgan fingerprint density at radius 3 is 2.29 bits per heavy atom. The van der Waals surface area contributed by atoms with Gasteiger partial charge in [-0.25, -0.2) is 9.59 Å². The topological polar surface area (TPSA) is 113 Å². The van der Waals surface area contributed by atoms with Crippen molar-refractivity contribution in [1.29, 1.82) is 5.41 Å². The molecule has 0 spiro atoms. The summed E-state index contributed by atoms with van der Waals surface area (Å²) in [7, 11) is 0. The van der Waals surface area contributed by atoms with Crippen LogP contribution in [0.3, 0.4) is 0 Å². The van der Waals surface area contributed by atoms with Crippen LogP contribution in [0.4, 0.5) is 0 Å². The van der Waals surface area contributed by atoms with E-state index in [1.807, 2.05) is 0 Å². The number of nitrogens with two attached hydrogens (primary N) is 1. The van der Waals surface area contributed by atoms with Crippen LogP contribution in [0.15, 0.2) is 48.5 Å². The highest BCUT2D eigenvalue weighted by Gasteiger charge is 2.17. The predicted octanol–water partition coefficient (Wildman–Crippen LogP) is 1.89. The van der Waals surface area contributed by atoms with Gasteiger partial charge in [0.05, 0.1) is 5.56 Å². The standard InChI is InChI=1S/C15H12N2O4/c16-13(17)10-6-7-12(11(8-10)14(18)19)21-15(20)9-4-2-1-3-5-9/h1-8H,(H3,16,17)(H,18,19). The molecule has 0 aromatic heterocycles. The minimum absolute atomic E-state index is 0.0960. The van der Waals surface area contributed by atoms with Crippen LogP contribution in [0.1, 0.15) is 26.3 Å². The Morgan fingerprint density at radius 1 is 1.05 bits per heavy atom. The molecular formula is C15H12N2O4. The summed E-state index contributed by atoms with van der Waals surface area (Å²) in [6.07, 6.45) is 0. The van der Waals surface area contributed by atoms with Gasteiger partial charge in [0.2, 0.25) is 0 Å². The van der Waals surface area contributed by atoms with Crippen LogP contribution in [-0.4, -0.2) is 22.9 Å². The van der Waals surface area contributed by atoms with Crippen molar-refractivity contribution in [3.63, 3.8) is 0 Å². The third-order valence-corrected chi connectivity index (χ3v) is 2.73. The Kier molecular flexibility index (Phi) is 3.99. The molecule has 0 bridgehead atoms. The summed E-state index contributed by atoms with van der Waals surface area (Å²) in [6, 6.07) is 12.1. The van der Waals surface area contributed by atoms with Crippen LogP contribution in [0, 0.1) is 5.41 Å². The number of amidine groups is 1. The molecule has 2 aromatic carbocycles. The first-order chi connectivity index (χ1) is 9.99. The Balaban J connectivity index is 2.34. The summed E-state index contributed by atoms with van der Waals surface area (Å²) < 4.78 is 5.10. The third kappa shape index (κ3) is 3.24. The van der Waals surface area contributed by atoms with E-state index in [0.29, 0.717) is 5.56 Å². The van der Waals surface area contributed by atoms with Gasteiger partial charge in [0.1, 0.15) is 17.1 Å². The molecule has 0 aliphatic carbocycles. The molecule has 0 amide bonds. The van der Waals surface area contributed by atoms with E-state index in [0.717, 1.165) is 0 Å².